The standard InChI is InChI=1S/C15H20INO3/c1-3-13(20-15(18)17-10-8-9-10)14(19-2)11-6-4-5-7-12(11)16/h4-7,10,13-14H,3,8-9H2,1-2H3,(H,17,18)/t13-,14-/m0/s1. The maximum Gasteiger partial charge on any atom is 0.407 e. The van der Waals surface area contributed by atoms with Gasteiger partial charge in [-0.15, -0.1) is 0 Å². The zero-order valence-electron chi connectivity index (χ0n) is 11.8. The summed E-state index contributed by atoms with van der Waals surface area (Å²) in [5, 5.41) is 2.85. The highest BCUT2D eigenvalue weighted by Gasteiger charge is 2.29. The summed E-state index contributed by atoms with van der Waals surface area (Å²) < 4.78 is 12.2. The molecule has 1 aliphatic carbocycles. The van der Waals surface area contributed by atoms with Crippen LogP contribution in [-0.2, 0) is 9.47 Å². The molecular formula is C15H20INO3. The number of halogens is 1. The highest BCUT2D eigenvalue weighted by molar-refractivity contribution is 14.1. The van der Waals surface area contributed by atoms with Gasteiger partial charge in [0, 0.05) is 16.7 Å². The summed E-state index contributed by atoms with van der Waals surface area (Å²) in [7, 11) is 1.65. The van der Waals surface area contributed by atoms with Gasteiger partial charge in [-0.2, -0.15) is 0 Å². The highest BCUT2D eigenvalue weighted by Crippen LogP contribution is 2.29. The van der Waals surface area contributed by atoms with E-state index in [4.69, 9.17) is 9.47 Å². The minimum absolute atomic E-state index is 0.238. The van der Waals surface area contributed by atoms with Gasteiger partial charge >= 0.3 is 6.09 Å². The van der Waals surface area contributed by atoms with E-state index < -0.39 is 0 Å². The Morgan fingerprint density at radius 3 is 2.70 bits per heavy atom. The van der Waals surface area contributed by atoms with Gasteiger partial charge in [-0.25, -0.2) is 4.79 Å². The van der Waals surface area contributed by atoms with Crippen LogP contribution in [0.3, 0.4) is 0 Å². The first-order chi connectivity index (χ1) is 9.65. The monoisotopic (exact) mass is 389 g/mol. The van der Waals surface area contributed by atoms with Crippen molar-refractivity contribution < 1.29 is 14.3 Å². The molecule has 0 bridgehead atoms. The van der Waals surface area contributed by atoms with Crippen molar-refractivity contribution in [2.24, 2.45) is 0 Å². The van der Waals surface area contributed by atoms with Crippen molar-refractivity contribution in [3.63, 3.8) is 0 Å². The number of benzene rings is 1. The Morgan fingerprint density at radius 1 is 1.45 bits per heavy atom. The Kier molecular flexibility index (Phi) is 5.65. The van der Waals surface area contributed by atoms with E-state index in [1.54, 1.807) is 7.11 Å². The molecule has 4 nitrogen and oxygen atoms in total. The van der Waals surface area contributed by atoms with E-state index in [0.29, 0.717) is 12.5 Å². The number of carbonyl (C=O) groups excluding carboxylic acids is 1. The first-order valence-electron chi connectivity index (χ1n) is 6.90. The predicted molar refractivity (Wildman–Crippen MR) is 85.6 cm³/mol. The third-order valence-electron chi connectivity index (χ3n) is 3.36. The lowest BCUT2D eigenvalue weighted by Gasteiger charge is -2.26. The van der Waals surface area contributed by atoms with Gasteiger partial charge < -0.3 is 14.8 Å². The Balaban J connectivity index is 2.06. The third-order valence-corrected chi connectivity index (χ3v) is 4.35. The van der Waals surface area contributed by atoms with Gasteiger partial charge in [0.25, 0.3) is 0 Å². The van der Waals surface area contributed by atoms with Crippen LogP contribution in [0.5, 0.6) is 0 Å². The SMILES string of the molecule is CC[C@H](OC(=O)NC1CC1)[C@@H](OC)c1ccccc1I. The quantitative estimate of drug-likeness (QED) is 0.756. The van der Waals surface area contributed by atoms with Crippen LogP contribution in [0.15, 0.2) is 24.3 Å². The molecule has 2 rings (SSSR count). The summed E-state index contributed by atoms with van der Waals surface area (Å²) in [5.41, 5.74) is 1.06. The number of hydrogen-bond acceptors (Lipinski definition) is 3. The molecule has 1 saturated carbocycles. The summed E-state index contributed by atoms with van der Waals surface area (Å²) in [6, 6.07) is 8.30. The van der Waals surface area contributed by atoms with Crippen molar-refractivity contribution >= 4 is 28.7 Å². The number of amides is 1. The molecule has 0 aliphatic heterocycles. The van der Waals surface area contributed by atoms with E-state index in [1.165, 1.54) is 0 Å². The van der Waals surface area contributed by atoms with E-state index in [2.05, 4.69) is 27.9 Å². The largest absolute Gasteiger partial charge is 0.443 e. The van der Waals surface area contributed by atoms with Crippen molar-refractivity contribution in [3.05, 3.63) is 33.4 Å². The van der Waals surface area contributed by atoms with Gasteiger partial charge in [0.15, 0.2) is 0 Å². The molecule has 2 atom stereocenters. The minimum atomic E-state index is -0.340. The third kappa shape index (κ3) is 4.09. The van der Waals surface area contributed by atoms with Crippen molar-refractivity contribution in [1.82, 2.24) is 5.32 Å². The molecule has 0 heterocycles. The molecule has 1 aromatic rings. The number of carbonyl (C=O) groups is 1. The van der Waals surface area contributed by atoms with Crippen LogP contribution >= 0.6 is 22.6 Å². The van der Waals surface area contributed by atoms with E-state index in [0.717, 1.165) is 22.0 Å². The Bertz CT molecular complexity index is 462. The molecule has 0 unspecified atom stereocenters. The molecule has 20 heavy (non-hydrogen) atoms. The summed E-state index contributed by atoms with van der Waals surface area (Å²) in [6.45, 7) is 2.00. The number of hydrogen-bond donors (Lipinski definition) is 1. The van der Waals surface area contributed by atoms with Crippen LogP contribution in [0.2, 0.25) is 0 Å². The summed E-state index contributed by atoms with van der Waals surface area (Å²) in [4.78, 5) is 11.8. The lowest BCUT2D eigenvalue weighted by Crippen LogP contribution is -2.34. The smallest absolute Gasteiger partial charge is 0.407 e. The molecule has 0 saturated heterocycles. The Labute approximate surface area is 133 Å². The predicted octanol–water partition coefficient (Wildman–Crippen LogP) is 3.65. The molecule has 5 heteroatoms. The average molecular weight is 389 g/mol. The van der Waals surface area contributed by atoms with Crippen LogP contribution in [0, 0.1) is 3.57 Å². The van der Waals surface area contributed by atoms with Crippen LogP contribution in [0.1, 0.15) is 37.9 Å². The van der Waals surface area contributed by atoms with Crippen LogP contribution in [0.25, 0.3) is 0 Å². The second kappa shape index (κ2) is 7.26. The molecular weight excluding hydrogens is 369 g/mol. The average Bonchev–Trinajstić information content (AvgIpc) is 3.24. The molecule has 1 aromatic carbocycles. The van der Waals surface area contributed by atoms with Gasteiger partial charge in [-0.05, 0) is 53.5 Å². The van der Waals surface area contributed by atoms with Crippen molar-refractivity contribution in [2.45, 2.75) is 44.4 Å². The van der Waals surface area contributed by atoms with Gasteiger partial charge in [-0.1, -0.05) is 25.1 Å². The maximum atomic E-state index is 11.8. The van der Waals surface area contributed by atoms with Gasteiger partial charge in [0.05, 0.1) is 0 Å². The fourth-order valence-electron chi connectivity index (χ4n) is 2.11. The number of ether oxygens (including phenoxy) is 2. The van der Waals surface area contributed by atoms with Crippen LogP contribution in [0.4, 0.5) is 4.79 Å². The van der Waals surface area contributed by atoms with Crippen molar-refractivity contribution in [2.75, 3.05) is 7.11 Å². The van der Waals surface area contributed by atoms with Gasteiger partial charge in [0.1, 0.15) is 12.2 Å². The summed E-state index contributed by atoms with van der Waals surface area (Å²) >= 11 is 2.28. The molecule has 1 fully saturated rings. The molecule has 0 radical (unpaired) electrons. The number of alkyl carbamates (subject to hydrolysis) is 1. The fraction of sp³-hybridized carbons (Fsp3) is 0.533. The highest BCUT2D eigenvalue weighted by atomic mass is 127. The number of methoxy groups -OCH3 is 1. The lowest BCUT2D eigenvalue weighted by atomic mass is 10.0. The lowest BCUT2D eigenvalue weighted by molar-refractivity contribution is -0.0258. The molecule has 110 valence electrons. The maximum absolute atomic E-state index is 11.8. The van der Waals surface area contributed by atoms with E-state index >= 15 is 0 Å². The second-order valence-electron chi connectivity index (χ2n) is 4.95. The van der Waals surface area contributed by atoms with Crippen molar-refractivity contribution in [3.8, 4) is 0 Å². The Hall–Kier alpha value is -0.820. The molecule has 1 amide bonds. The topological polar surface area (TPSA) is 47.6 Å². The normalized spacial score (nSPS) is 17.4. The number of nitrogens with one attached hydrogen (secondary N) is 1. The van der Waals surface area contributed by atoms with Crippen LogP contribution < -0.4 is 5.32 Å². The Morgan fingerprint density at radius 2 is 2.15 bits per heavy atom. The first-order valence-corrected chi connectivity index (χ1v) is 7.98. The zero-order chi connectivity index (χ0) is 14.5. The zero-order valence-corrected chi connectivity index (χ0v) is 13.9. The van der Waals surface area contributed by atoms with Gasteiger partial charge in [-0.3, -0.25) is 0 Å². The molecule has 0 spiro atoms. The molecule has 1 N–H and O–H groups in total. The summed E-state index contributed by atoms with van der Waals surface area (Å²) in [6.07, 6.45) is 1.95. The van der Waals surface area contributed by atoms with Crippen molar-refractivity contribution in [1.29, 1.82) is 0 Å². The molecule has 0 aromatic heterocycles. The summed E-state index contributed by atoms with van der Waals surface area (Å²) in [5.74, 6) is 0. The molecule has 1 aliphatic rings. The second-order valence-corrected chi connectivity index (χ2v) is 6.11. The van der Waals surface area contributed by atoms with E-state index in [-0.39, 0.29) is 18.3 Å². The fourth-order valence-corrected chi connectivity index (χ4v) is 2.80. The van der Waals surface area contributed by atoms with Crippen LogP contribution in [-0.4, -0.2) is 25.3 Å². The van der Waals surface area contributed by atoms with E-state index in [1.807, 2.05) is 31.2 Å². The first kappa shape index (κ1) is 15.6. The van der Waals surface area contributed by atoms with E-state index in [9.17, 15) is 4.79 Å². The number of rotatable bonds is 6. The van der Waals surface area contributed by atoms with Gasteiger partial charge in [0.2, 0.25) is 0 Å². The minimum Gasteiger partial charge on any atom is -0.443 e.